The Labute approximate surface area is 671 Å². The molecule has 2 unspecified atom stereocenters. The quantitative estimate of drug-likeness (QED) is 0.0227. The van der Waals surface area contributed by atoms with Gasteiger partial charge in [-0.3, -0.25) is 62.6 Å². The van der Waals surface area contributed by atoms with Crippen LogP contribution in [0.15, 0.2) is 98.7 Å². The molecule has 4 fully saturated rings. The Bertz CT molecular complexity index is 5240. The number of ether oxygens (including phenoxy) is 7. The molecular weight excluding hydrogens is 1580 g/mol. The summed E-state index contributed by atoms with van der Waals surface area (Å²) < 4.78 is 40.6. The highest BCUT2D eigenvalue weighted by Gasteiger charge is 2.68. The number of ketones is 2. The zero-order valence-corrected chi connectivity index (χ0v) is 66.7. The molecule has 0 aliphatic carbocycles. The molecule has 41 heteroatoms. The monoisotopic (exact) mass is 1660 g/mol. The molecule has 2 aromatic carbocycles. The summed E-state index contributed by atoms with van der Waals surface area (Å²) in [4.78, 5) is 240. The summed E-state index contributed by atoms with van der Waals surface area (Å²) in [7, 11) is 0. The number of imide groups is 2. The zero-order valence-electron chi connectivity index (χ0n) is 65.1. The average molecular weight is 1660 g/mol. The minimum absolute atomic E-state index is 0.0413. The Morgan fingerprint density at radius 1 is 0.581 bits per heavy atom. The maximum absolute atomic E-state index is 14.3. The van der Waals surface area contributed by atoms with Crippen LogP contribution in [0.5, 0.6) is 17.4 Å². The number of benzene rings is 2. The van der Waals surface area contributed by atoms with Crippen LogP contribution >= 0.6 is 22.7 Å². The van der Waals surface area contributed by atoms with Gasteiger partial charge in [-0.25, -0.2) is 43.7 Å². The predicted molar refractivity (Wildman–Crippen MR) is 397 cm³/mol. The van der Waals surface area contributed by atoms with E-state index in [0.29, 0.717) is 36.1 Å². The largest absolute Gasteiger partial charge is 0.503 e. The number of nitrogens with one attached hydrogen (secondary N) is 1. The Kier molecular flexibility index (Phi) is 21.8. The summed E-state index contributed by atoms with van der Waals surface area (Å²) in [5, 5.41) is 31.4. The first-order valence-electron chi connectivity index (χ1n) is 35.9. The van der Waals surface area contributed by atoms with E-state index in [1.807, 2.05) is 12.1 Å². The molecule has 13 rings (SSSR count). The number of aromatic hydroxyl groups is 1. The molecule has 0 bridgehead atoms. The van der Waals surface area contributed by atoms with E-state index in [2.05, 4.69) is 30.2 Å². The molecule has 11 heterocycles. The third kappa shape index (κ3) is 16.1. The van der Waals surface area contributed by atoms with Crippen LogP contribution in [0.4, 0.5) is 5.13 Å². The van der Waals surface area contributed by atoms with Crippen molar-refractivity contribution in [3.05, 3.63) is 144 Å². The van der Waals surface area contributed by atoms with E-state index < -0.39 is 219 Å². The molecule has 0 radical (unpaired) electrons. The molecule has 4 saturated heterocycles. The molecule has 39 nitrogen and oxygen atoms in total. The van der Waals surface area contributed by atoms with E-state index in [4.69, 9.17) is 58.2 Å². The number of amides is 6. The van der Waals surface area contributed by atoms with Gasteiger partial charge in [0.05, 0.1) is 54.0 Å². The molecule has 616 valence electrons. The number of carbonyl (C=O) groups excluding carboxylic acids is 13. The van der Waals surface area contributed by atoms with Crippen molar-refractivity contribution in [2.24, 2.45) is 22.1 Å². The second-order valence-electron chi connectivity index (χ2n) is 31.5. The topological polar surface area (TPSA) is 516 Å². The number of anilines is 1. The second-order valence-corrected chi connectivity index (χ2v) is 33.5. The van der Waals surface area contributed by atoms with Gasteiger partial charge in [-0.15, -0.1) is 22.7 Å². The lowest BCUT2D eigenvalue weighted by Gasteiger charge is -2.35. The number of nitrogens with two attached hydrogens (primary N) is 1. The number of fused-ring (bicyclic) bond motifs is 3. The number of aryl methyl sites for hydroxylation is 1. The highest BCUT2D eigenvalue weighted by Crippen LogP contribution is 2.50. The number of esters is 5. The van der Waals surface area contributed by atoms with Gasteiger partial charge in [-0.2, -0.15) is 10.1 Å². The van der Waals surface area contributed by atoms with E-state index in [1.165, 1.54) is 92.0 Å². The van der Waals surface area contributed by atoms with E-state index in [0.717, 1.165) is 17.4 Å². The number of aliphatic carboxylic acids is 1. The Morgan fingerprint density at radius 3 is 1.50 bits per heavy atom. The number of H-pyrrole nitrogens is 1. The lowest BCUT2D eigenvalue weighted by atomic mass is 9.97. The van der Waals surface area contributed by atoms with Crippen LogP contribution in [-0.4, -0.2) is 209 Å². The van der Waals surface area contributed by atoms with Crippen molar-refractivity contribution in [1.29, 1.82) is 0 Å². The maximum Gasteiger partial charge on any atom is 0.375 e. The lowest BCUT2D eigenvalue weighted by Crippen LogP contribution is -2.57. The smallest absolute Gasteiger partial charge is 0.375 e. The third-order valence-corrected chi connectivity index (χ3v) is 19.8. The number of aromatic nitrogens is 4. The number of aromatic amines is 1. The summed E-state index contributed by atoms with van der Waals surface area (Å²) >= 11 is 2.16. The molecule has 6 amide bonds. The van der Waals surface area contributed by atoms with Crippen LogP contribution in [0.3, 0.4) is 0 Å². The van der Waals surface area contributed by atoms with Crippen molar-refractivity contribution < 1.29 is 130 Å². The summed E-state index contributed by atoms with van der Waals surface area (Å²) in [6.45, 7) is 20.0. The number of thiazole rings is 2. The average Bonchev–Trinajstić information content (AvgIpc) is 1.56. The summed E-state index contributed by atoms with van der Waals surface area (Å²) in [5.74, 6) is -20.2. The third-order valence-electron chi connectivity index (χ3n) is 18.3. The number of cyclic esters (lactones) is 2. The first-order chi connectivity index (χ1) is 54.6. The van der Waals surface area contributed by atoms with Crippen molar-refractivity contribution in [2.45, 2.75) is 180 Å². The van der Waals surface area contributed by atoms with E-state index in [9.17, 15) is 82.1 Å². The van der Waals surface area contributed by atoms with Gasteiger partial charge in [0.2, 0.25) is 11.2 Å². The fourth-order valence-electron chi connectivity index (χ4n) is 12.7. The fraction of sp³-hybridized carbons (Fsp3) is 0.421. The Hall–Kier alpha value is -12.8. The highest BCUT2D eigenvalue weighted by atomic mass is 32.1. The maximum atomic E-state index is 14.3. The van der Waals surface area contributed by atoms with E-state index in [1.54, 1.807) is 81.6 Å². The Morgan fingerprint density at radius 2 is 1.04 bits per heavy atom. The van der Waals surface area contributed by atoms with Gasteiger partial charge in [0.1, 0.15) is 51.7 Å². The minimum atomic E-state index is -2.70. The summed E-state index contributed by atoms with van der Waals surface area (Å²) in [6, 6.07) is 16.5. The van der Waals surface area contributed by atoms with Crippen LogP contribution in [0.2, 0.25) is 0 Å². The number of carboxylic acids is 1. The van der Waals surface area contributed by atoms with Crippen LogP contribution in [0.25, 0.3) is 0 Å². The van der Waals surface area contributed by atoms with E-state index in [-0.39, 0.29) is 45.1 Å². The van der Waals surface area contributed by atoms with E-state index >= 15 is 0 Å². The molecule has 6 aromatic rings. The number of oxime groups is 2. The molecule has 117 heavy (non-hydrogen) atoms. The molecule has 0 spiro atoms. The number of carbonyl (C=O) groups is 14. The molecule has 4 aromatic heterocycles. The molecule has 7 aliphatic rings. The zero-order chi connectivity index (χ0) is 85.5. The first kappa shape index (κ1) is 83.7. The van der Waals surface area contributed by atoms with Gasteiger partial charge in [-0.1, -0.05) is 71.0 Å². The van der Waals surface area contributed by atoms with Gasteiger partial charge >= 0.3 is 53.1 Å². The number of nitrogens with zero attached hydrogens (tertiary/aromatic N) is 9. The van der Waals surface area contributed by atoms with Gasteiger partial charge < -0.3 is 63.8 Å². The van der Waals surface area contributed by atoms with Crippen LogP contribution in [-0.2, 0) is 96.8 Å². The molecule has 7 aliphatic heterocycles. The molecule has 6 atom stereocenters. The van der Waals surface area contributed by atoms with Gasteiger partial charge in [-0.05, 0) is 96.9 Å². The van der Waals surface area contributed by atoms with Crippen LogP contribution < -0.4 is 20.8 Å². The number of nitrogen functional groups attached to an aromatic ring is 1. The SMILES string of the molecule is CC(C)(C)OC(=O)C1(N2OC[C@H](CC(=O)/C(=N\OC(C)(C)C(=O)O)c3csc(N)n3)C2=O)C[C@H](N2C(=O)c3cc(O)c(=O)[nH]c3C2=O)C(=O)O1.Cc1nc(/C(=N/OC(C)(C)C(=O)OC(C)(C)C)C(=O)C[C@H]2CON(C3(C(=O)OC(C)(C)C)C[C@H](N4C(=O)c5cc6c(nc5C4=O)OC(c4ccccc4)(c4ccccc4)O6)C(=O)O3)C2=O)cs1. The van der Waals surface area contributed by atoms with Crippen molar-refractivity contribution in [3.8, 4) is 17.4 Å². The van der Waals surface area contributed by atoms with Gasteiger partial charge in [0.25, 0.3) is 46.9 Å². The summed E-state index contributed by atoms with van der Waals surface area (Å²) in [5.41, 5.74) is -8.61. The number of carboxylic acid groups (broad SMARTS) is 1. The van der Waals surface area contributed by atoms with Crippen LogP contribution in [0, 0.1) is 18.8 Å². The van der Waals surface area contributed by atoms with Crippen LogP contribution in [0.1, 0.15) is 185 Å². The number of Topliss-reactive ketones (excluding diaryl/α,β-unsaturated/α-hetero) is 2. The van der Waals surface area contributed by atoms with Gasteiger partial charge in [0.15, 0.2) is 39.6 Å². The molecule has 5 N–H and O–H groups in total. The number of rotatable bonds is 22. The second kappa shape index (κ2) is 30.5. The molecular formula is C76H77N11O28S2. The highest BCUT2D eigenvalue weighted by molar-refractivity contribution is 7.13. The van der Waals surface area contributed by atoms with Crippen molar-refractivity contribution in [1.82, 2.24) is 39.9 Å². The van der Waals surface area contributed by atoms with Crippen molar-refractivity contribution in [3.63, 3.8) is 0 Å². The van der Waals surface area contributed by atoms with Crippen molar-refractivity contribution >= 4 is 122 Å². The van der Waals surface area contributed by atoms with Crippen molar-refractivity contribution in [2.75, 3.05) is 18.9 Å². The van der Waals surface area contributed by atoms with Gasteiger partial charge in [0, 0.05) is 46.9 Å². The number of hydroxylamine groups is 4. The fourth-order valence-corrected chi connectivity index (χ4v) is 13.8. The number of pyridine rings is 2. The predicted octanol–water partition coefficient (Wildman–Crippen LogP) is 5.06. The standard InChI is InChI=1S/C47H47N5O14S.C29H30N6O14S/c1-25-48-30(24-67-25)35(50-66-45(8,9)41(58)64-43(2,3)4)32(53)20-26-23-60-52(37(26)54)46(42(59)65-44(5,6)7)22-31(40(57)63-46)51-38(55)29-21-33-36(49-34(29)39(51)56)62-47(61-33,27-16-12-10-13-17-27)28-18-14-11-15-19-28;1-27(2,3)48-25(45)29(8-14(23(42)47-29)34-21(40)12-7-16(37)19(38)32-17(12)22(34)41)35-20(39)11(9-46-35)6-15(36)18(13-10-50-26(30)31-13)33-49-28(4,5)24(43)44/h10-19,21,24,26,31H,20,22-23H2,1-9H3;7,10-11,14,37H,6,8-9H2,1-5H3,(H2,30,31)(H,32,38)(H,43,44)/b50-35-;33-18-/t26-,31-,46?;11-,14-,29?/m00/s1. The normalized spacial score (nSPS) is 21.9. The lowest BCUT2D eigenvalue weighted by molar-refractivity contribution is -0.263. The minimum Gasteiger partial charge on any atom is -0.503 e. The first-order valence-corrected chi connectivity index (χ1v) is 37.7. The molecule has 0 saturated carbocycles. The number of hydrogen-bond donors (Lipinski definition) is 4. The Balaban J connectivity index is 0.000000225. The summed E-state index contributed by atoms with van der Waals surface area (Å²) in [6.07, 6.45) is -2.91. The number of hydrogen-bond acceptors (Lipinski definition) is 35.